The normalized spacial score (nSPS) is 12.3. The molecule has 0 aromatic carbocycles. The summed E-state index contributed by atoms with van der Waals surface area (Å²) in [4.78, 5) is 20.1. The quantitative estimate of drug-likeness (QED) is 0.366. The van der Waals surface area contributed by atoms with E-state index in [1.165, 1.54) is 14.0 Å². The minimum Gasteiger partial charge on any atom is -0.468 e. The molecule has 0 fully saturated rings. The zero-order valence-corrected chi connectivity index (χ0v) is 6.77. The lowest BCUT2D eigenvalue weighted by Gasteiger charge is -2.00. The molecule has 0 aliphatic carbocycles. The smallest absolute Gasteiger partial charge is 0.327 e. The van der Waals surface area contributed by atoms with Gasteiger partial charge in [-0.15, -0.1) is 0 Å². The molecule has 0 aromatic heterocycles. The number of halogens is 1. The van der Waals surface area contributed by atoms with Gasteiger partial charge in [-0.05, 0) is 6.92 Å². The van der Waals surface area contributed by atoms with E-state index in [1.54, 1.807) is 0 Å². The van der Waals surface area contributed by atoms with Gasteiger partial charge in [0.2, 0.25) is 0 Å². The van der Waals surface area contributed by atoms with E-state index in [0.29, 0.717) is 0 Å². The molecule has 0 amide bonds. The Hall–Kier alpha value is -0.380. The molecule has 0 aliphatic rings. The van der Waals surface area contributed by atoms with Gasteiger partial charge in [0.05, 0.1) is 7.11 Å². The maximum atomic E-state index is 10.5. The van der Waals surface area contributed by atoms with Crippen molar-refractivity contribution in [1.82, 2.24) is 0 Å². The molecule has 0 aromatic rings. The number of alkyl halides is 1. The molecule has 0 radical (unpaired) electrons. The van der Waals surface area contributed by atoms with E-state index in [-0.39, 0.29) is 5.78 Å². The SMILES string of the molecule is COC(=O)[C@@H](Br)C(C)=O. The van der Waals surface area contributed by atoms with E-state index in [2.05, 4.69) is 20.7 Å². The fourth-order valence-electron chi connectivity index (χ4n) is 0.269. The van der Waals surface area contributed by atoms with Gasteiger partial charge in [0.25, 0.3) is 0 Å². The Kier molecular flexibility index (Phi) is 3.46. The summed E-state index contributed by atoms with van der Waals surface area (Å²) >= 11 is 2.84. The van der Waals surface area contributed by atoms with Gasteiger partial charge in [0, 0.05) is 0 Å². The summed E-state index contributed by atoms with van der Waals surface area (Å²) in [7, 11) is 1.24. The summed E-state index contributed by atoms with van der Waals surface area (Å²) in [5.41, 5.74) is 0. The molecular weight excluding hydrogens is 188 g/mol. The number of hydrogen-bond donors (Lipinski definition) is 0. The highest BCUT2D eigenvalue weighted by atomic mass is 79.9. The van der Waals surface area contributed by atoms with Crippen LogP contribution in [-0.4, -0.2) is 23.7 Å². The van der Waals surface area contributed by atoms with E-state index < -0.39 is 10.8 Å². The van der Waals surface area contributed by atoms with Crippen LogP contribution in [0.2, 0.25) is 0 Å². The van der Waals surface area contributed by atoms with Crippen LogP contribution in [0.1, 0.15) is 6.92 Å². The monoisotopic (exact) mass is 194 g/mol. The van der Waals surface area contributed by atoms with E-state index in [0.717, 1.165) is 0 Å². The molecule has 0 saturated heterocycles. The molecule has 52 valence electrons. The van der Waals surface area contributed by atoms with Crippen LogP contribution in [0.25, 0.3) is 0 Å². The van der Waals surface area contributed by atoms with Gasteiger partial charge in [-0.1, -0.05) is 15.9 Å². The van der Waals surface area contributed by atoms with Crippen LogP contribution in [0.3, 0.4) is 0 Å². The van der Waals surface area contributed by atoms with Crippen LogP contribution in [-0.2, 0) is 14.3 Å². The molecule has 4 heteroatoms. The number of ketones is 1. The first-order chi connectivity index (χ1) is 4.09. The predicted molar refractivity (Wildman–Crippen MR) is 35.4 cm³/mol. The summed E-state index contributed by atoms with van der Waals surface area (Å²) in [5, 5.41) is 0. The standard InChI is InChI=1S/C5H7BrO3/c1-3(7)4(6)5(8)9-2/h4H,1-2H3/t4-/m0/s1. The van der Waals surface area contributed by atoms with Crippen molar-refractivity contribution in [2.75, 3.05) is 7.11 Å². The number of Topliss-reactive ketones (excluding diaryl/α,β-unsaturated/α-hetero) is 1. The van der Waals surface area contributed by atoms with Crippen molar-refractivity contribution in [2.24, 2.45) is 0 Å². The second-order valence-electron chi connectivity index (χ2n) is 1.50. The number of methoxy groups -OCH3 is 1. The second kappa shape index (κ2) is 3.61. The third-order valence-electron chi connectivity index (χ3n) is 0.765. The number of esters is 1. The van der Waals surface area contributed by atoms with Crippen molar-refractivity contribution < 1.29 is 14.3 Å². The van der Waals surface area contributed by atoms with Crippen LogP contribution in [0.5, 0.6) is 0 Å². The molecule has 0 unspecified atom stereocenters. The number of ether oxygens (including phenoxy) is 1. The molecule has 0 aliphatic heterocycles. The fraction of sp³-hybridized carbons (Fsp3) is 0.600. The van der Waals surface area contributed by atoms with Gasteiger partial charge in [-0.3, -0.25) is 9.59 Å². The van der Waals surface area contributed by atoms with E-state index >= 15 is 0 Å². The average Bonchev–Trinajstić information content (AvgIpc) is 1.84. The lowest BCUT2D eigenvalue weighted by molar-refractivity contribution is -0.141. The molecule has 0 N–H and O–H groups in total. The summed E-state index contributed by atoms with van der Waals surface area (Å²) in [6.07, 6.45) is 0. The average molecular weight is 195 g/mol. The van der Waals surface area contributed by atoms with Crippen molar-refractivity contribution in [3.63, 3.8) is 0 Å². The Bertz CT molecular complexity index is 132. The second-order valence-corrected chi connectivity index (χ2v) is 2.41. The Morgan fingerprint density at radius 1 is 1.56 bits per heavy atom. The third kappa shape index (κ3) is 2.60. The predicted octanol–water partition coefficient (Wildman–Crippen LogP) is 0.512. The summed E-state index contributed by atoms with van der Waals surface area (Å²) in [6, 6.07) is 0. The van der Waals surface area contributed by atoms with Gasteiger partial charge < -0.3 is 4.74 Å². The number of carbonyl (C=O) groups is 2. The largest absolute Gasteiger partial charge is 0.468 e. The Labute approximate surface area is 61.5 Å². The molecule has 0 heterocycles. The lowest BCUT2D eigenvalue weighted by atomic mass is 10.3. The molecule has 3 nitrogen and oxygen atoms in total. The zero-order chi connectivity index (χ0) is 7.44. The first-order valence-corrected chi connectivity index (χ1v) is 3.23. The summed E-state index contributed by atoms with van der Waals surface area (Å²) < 4.78 is 4.27. The van der Waals surface area contributed by atoms with Gasteiger partial charge in [0.15, 0.2) is 10.6 Å². The first-order valence-electron chi connectivity index (χ1n) is 2.32. The van der Waals surface area contributed by atoms with Gasteiger partial charge in [-0.25, -0.2) is 0 Å². The molecule has 9 heavy (non-hydrogen) atoms. The summed E-state index contributed by atoms with van der Waals surface area (Å²) in [6.45, 7) is 1.32. The van der Waals surface area contributed by atoms with Crippen LogP contribution in [0, 0.1) is 0 Å². The molecular formula is C5H7BrO3. The van der Waals surface area contributed by atoms with Gasteiger partial charge >= 0.3 is 5.97 Å². The third-order valence-corrected chi connectivity index (χ3v) is 1.78. The van der Waals surface area contributed by atoms with Crippen molar-refractivity contribution in [1.29, 1.82) is 0 Å². The van der Waals surface area contributed by atoms with Gasteiger partial charge in [0.1, 0.15) is 0 Å². The van der Waals surface area contributed by atoms with Crippen molar-refractivity contribution >= 4 is 27.7 Å². The highest BCUT2D eigenvalue weighted by Gasteiger charge is 2.19. The Morgan fingerprint density at radius 3 is 2.11 bits per heavy atom. The summed E-state index contributed by atoms with van der Waals surface area (Å²) in [5.74, 6) is -0.802. The zero-order valence-electron chi connectivity index (χ0n) is 5.18. The fourth-order valence-corrected chi connectivity index (χ4v) is 0.456. The molecule has 1 atom stereocenters. The highest BCUT2D eigenvalue weighted by Crippen LogP contribution is 2.01. The molecule has 0 rings (SSSR count). The van der Waals surface area contributed by atoms with Crippen LogP contribution in [0.15, 0.2) is 0 Å². The number of rotatable bonds is 2. The van der Waals surface area contributed by atoms with Crippen molar-refractivity contribution in [2.45, 2.75) is 11.8 Å². The first kappa shape index (κ1) is 8.62. The Balaban J connectivity index is 3.88. The van der Waals surface area contributed by atoms with Crippen molar-refractivity contribution in [3.05, 3.63) is 0 Å². The molecule has 0 bridgehead atoms. The molecule has 0 spiro atoms. The van der Waals surface area contributed by atoms with Crippen LogP contribution in [0.4, 0.5) is 0 Å². The van der Waals surface area contributed by atoms with Gasteiger partial charge in [-0.2, -0.15) is 0 Å². The molecule has 0 saturated carbocycles. The van der Waals surface area contributed by atoms with E-state index in [4.69, 9.17) is 0 Å². The lowest BCUT2D eigenvalue weighted by Crippen LogP contribution is -2.22. The van der Waals surface area contributed by atoms with E-state index in [1.807, 2.05) is 0 Å². The minimum atomic E-state index is -0.803. The topological polar surface area (TPSA) is 43.4 Å². The highest BCUT2D eigenvalue weighted by molar-refractivity contribution is 9.10. The van der Waals surface area contributed by atoms with Crippen LogP contribution < -0.4 is 0 Å². The Morgan fingerprint density at radius 2 is 2.00 bits per heavy atom. The van der Waals surface area contributed by atoms with Crippen LogP contribution >= 0.6 is 15.9 Å². The van der Waals surface area contributed by atoms with E-state index in [9.17, 15) is 9.59 Å². The number of hydrogen-bond acceptors (Lipinski definition) is 3. The van der Waals surface area contributed by atoms with Crippen molar-refractivity contribution in [3.8, 4) is 0 Å². The number of carbonyl (C=O) groups excluding carboxylic acids is 2. The maximum absolute atomic E-state index is 10.5. The maximum Gasteiger partial charge on any atom is 0.327 e. The minimum absolute atomic E-state index is 0.248.